The number of aromatic nitrogens is 2. The van der Waals surface area contributed by atoms with Crippen molar-refractivity contribution in [1.29, 1.82) is 0 Å². The first-order valence-corrected chi connectivity index (χ1v) is 10.9. The zero-order valence-corrected chi connectivity index (χ0v) is 17.3. The van der Waals surface area contributed by atoms with Crippen LogP contribution >= 0.6 is 23.1 Å². The third kappa shape index (κ3) is 4.02. The molecule has 6 nitrogen and oxygen atoms in total. The predicted molar refractivity (Wildman–Crippen MR) is 114 cm³/mol. The molecule has 28 heavy (non-hydrogen) atoms. The summed E-state index contributed by atoms with van der Waals surface area (Å²) in [7, 11) is 0. The molecule has 2 heterocycles. The van der Waals surface area contributed by atoms with E-state index in [1.165, 1.54) is 35.5 Å². The van der Waals surface area contributed by atoms with E-state index in [0.29, 0.717) is 11.4 Å². The van der Waals surface area contributed by atoms with Crippen molar-refractivity contribution in [2.75, 3.05) is 16.4 Å². The standard InChI is InChI=1S/C20H20N4O2S2/c1-11-21-19(18-15-7-4-8-16(15)28-20(18)22-11)27-10-17(26)24-14-6-3-5-13(9-14)23-12(2)25/h3,5-6,9H,4,7-8,10H2,1-2H3,(H,23,25)(H,24,26). The molecule has 0 bridgehead atoms. The molecule has 1 aliphatic carbocycles. The quantitative estimate of drug-likeness (QED) is 0.485. The Morgan fingerprint density at radius 1 is 1.18 bits per heavy atom. The molecular weight excluding hydrogens is 392 g/mol. The van der Waals surface area contributed by atoms with E-state index in [9.17, 15) is 9.59 Å². The minimum absolute atomic E-state index is 0.110. The maximum absolute atomic E-state index is 12.5. The van der Waals surface area contributed by atoms with Crippen LogP contribution in [-0.2, 0) is 22.4 Å². The van der Waals surface area contributed by atoms with Crippen molar-refractivity contribution in [3.8, 4) is 0 Å². The molecular formula is C20H20N4O2S2. The lowest BCUT2D eigenvalue weighted by Gasteiger charge is -2.08. The maximum Gasteiger partial charge on any atom is 0.234 e. The monoisotopic (exact) mass is 412 g/mol. The highest BCUT2D eigenvalue weighted by atomic mass is 32.2. The van der Waals surface area contributed by atoms with E-state index < -0.39 is 0 Å². The van der Waals surface area contributed by atoms with Crippen molar-refractivity contribution in [3.05, 3.63) is 40.5 Å². The molecule has 0 saturated carbocycles. The van der Waals surface area contributed by atoms with Crippen LogP contribution < -0.4 is 10.6 Å². The number of anilines is 2. The van der Waals surface area contributed by atoms with E-state index in [1.54, 1.807) is 35.6 Å². The summed E-state index contributed by atoms with van der Waals surface area (Å²) in [6, 6.07) is 7.11. The summed E-state index contributed by atoms with van der Waals surface area (Å²) in [5, 5.41) is 7.62. The van der Waals surface area contributed by atoms with Crippen molar-refractivity contribution in [2.24, 2.45) is 0 Å². The number of carbonyl (C=O) groups excluding carboxylic acids is 2. The normalized spacial score (nSPS) is 12.8. The number of nitrogens with one attached hydrogen (secondary N) is 2. The van der Waals surface area contributed by atoms with Crippen molar-refractivity contribution in [2.45, 2.75) is 38.1 Å². The van der Waals surface area contributed by atoms with Crippen LogP contribution in [0, 0.1) is 6.92 Å². The maximum atomic E-state index is 12.5. The van der Waals surface area contributed by atoms with Crippen molar-refractivity contribution >= 4 is 56.5 Å². The molecule has 1 aromatic carbocycles. The first-order chi connectivity index (χ1) is 13.5. The van der Waals surface area contributed by atoms with E-state index in [-0.39, 0.29) is 17.6 Å². The fraction of sp³-hybridized carbons (Fsp3) is 0.300. The number of fused-ring (bicyclic) bond motifs is 3. The van der Waals surface area contributed by atoms with E-state index >= 15 is 0 Å². The molecule has 2 amide bonds. The molecule has 0 unspecified atom stereocenters. The van der Waals surface area contributed by atoms with Gasteiger partial charge in [0.1, 0.15) is 15.7 Å². The van der Waals surface area contributed by atoms with Gasteiger partial charge in [-0.05, 0) is 49.9 Å². The Balaban J connectivity index is 1.48. The number of nitrogens with zero attached hydrogens (tertiary/aromatic N) is 2. The summed E-state index contributed by atoms with van der Waals surface area (Å²) in [5.41, 5.74) is 2.67. The van der Waals surface area contributed by atoms with Crippen molar-refractivity contribution in [3.63, 3.8) is 0 Å². The molecule has 0 radical (unpaired) electrons. The minimum atomic E-state index is -0.148. The van der Waals surface area contributed by atoms with Crippen LogP contribution in [0.5, 0.6) is 0 Å². The number of rotatable bonds is 5. The van der Waals surface area contributed by atoms with Gasteiger partial charge in [0.15, 0.2) is 0 Å². The fourth-order valence-corrected chi connectivity index (χ4v) is 5.65. The first kappa shape index (κ1) is 18.9. The van der Waals surface area contributed by atoms with Gasteiger partial charge in [-0.2, -0.15) is 0 Å². The van der Waals surface area contributed by atoms with Crippen LogP contribution in [0.4, 0.5) is 11.4 Å². The molecule has 2 N–H and O–H groups in total. The highest BCUT2D eigenvalue weighted by Gasteiger charge is 2.22. The molecule has 0 atom stereocenters. The highest BCUT2D eigenvalue weighted by molar-refractivity contribution is 8.00. The lowest BCUT2D eigenvalue weighted by atomic mass is 10.2. The van der Waals surface area contributed by atoms with E-state index in [2.05, 4.69) is 20.6 Å². The Hall–Kier alpha value is -2.45. The lowest BCUT2D eigenvalue weighted by molar-refractivity contribution is -0.114. The number of carbonyl (C=O) groups is 2. The molecule has 144 valence electrons. The van der Waals surface area contributed by atoms with Gasteiger partial charge in [-0.1, -0.05) is 17.8 Å². The molecule has 1 aliphatic rings. The van der Waals surface area contributed by atoms with Gasteiger partial charge in [-0.15, -0.1) is 11.3 Å². The fourth-order valence-electron chi connectivity index (χ4n) is 3.38. The first-order valence-electron chi connectivity index (χ1n) is 9.09. The second-order valence-electron chi connectivity index (χ2n) is 6.71. The zero-order valence-electron chi connectivity index (χ0n) is 15.7. The van der Waals surface area contributed by atoms with Gasteiger partial charge in [0.25, 0.3) is 0 Å². The number of hydrogen-bond donors (Lipinski definition) is 2. The average Bonchev–Trinajstić information content (AvgIpc) is 3.20. The molecule has 3 aromatic rings. The van der Waals surface area contributed by atoms with Crippen LogP contribution in [0.1, 0.15) is 29.6 Å². The number of hydrogen-bond acceptors (Lipinski definition) is 6. The number of thiophene rings is 1. The van der Waals surface area contributed by atoms with Crippen molar-refractivity contribution in [1.82, 2.24) is 9.97 Å². The van der Waals surface area contributed by atoms with E-state index in [1.807, 2.05) is 6.92 Å². The Morgan fingerprint density at radius 3 is 2.75 bits per heavy atom. The summed E-state index contributed by atoms with van der Waals surface area (Å²) >= 11 is 3.21. The largest absolute Gasteiger partial charge is 0.326 e. The summed E-state index contributed by atoms with van der Waals surface area (Å²) in [6.07, 6.45) is 3.36. The van der Waals surface area contributed by atoms with Crippen LogP contribution in [0.15, 0.2) is 29.3 Å². The molecule has 2 aromatic heterocycles. The number of benzene rings is 1. The summed E-state index contributed by atoms with van der Waals surface area (Å²) in [5.74, 6) is 0.741. The van der Waals surface area contributed by atoms with Gasteiger partial charge >= 0.3 is 0 Å². The predicted octanol–water partition coefficient (Wildman–Crippen LogP) is 4.18. The minimum Gasteiger partial charge on any atom is -0.326 e. The van der Waals surface area contributed by atoms with Crippen LogP contribution in [0.25, 0.3) is 10.2 Å². The van der Waals surface area contributed by atoms with Gasteiger partial charge in [-0.25, -0.2) is 9.97 Å². The van der Waals surface area contributed by atoms with Gasteiger partial charge in [0.05, 0.1) is 5.75 Å². The third-order valence-corrected chi connectivity index (χ3v) is 6.61. The van der Waals surface area contributed by atoms with Gasteiger partial charge in [-0.3, -0.25) is 9.59 Å². The summed E-state index contributed by atoms with van der Waals surface area (Å²) in [6.45, 7) is 3.34. The Kier molecular flexibility index (Phi) is 5.32. The molecule has 4 rings (SSSR count). The third-order valence-electron chi connectivity index (χ3n) is 4.45. The van der Waals surface area contributed by atoms with Gasteiger partial charge in [0, 0.05) is 28.6 Å². The molecule has 0 saturated heterocycles. The Morgan fingerprint density at radius 2 is 1.96 bits per heavy atom. The molecule has 0 fully saturated rings. The van der Waals surface area contributed by atoms with Crippen LogP contribution in [0.3, 0.4) is 0 Å². The van der Waals surface area contributed by atoms with Gasteiger partial charge < -0.3 is 10.6 Å². The summed E-state index contributed by atoms with van der Waals surface area (Å²) < 4.78 is 0. The molecule has 0 spiro atoms. The topological polar surface area (TPSA) is 84.0 Å². The van der Waals surface area contributed by atoms with E-state index in [0.717, 1.165) is 33.9 Å². The van der Waals surface area contributed by atoms with Crippen molar-refractivity contribution < 1.29 is 9.59 Å². The average molecular weight is 413 g/mol. The second kappa shape index (κ2) is 7.89. The molecule has 8 heteroatoms. The molecule has 0 aliphatic heterocycles. The SMILES string of the molecule is CC(=O)Nc1cccc(NC(=O)CSc2nc(C)nc3sc4c(c23)CCC4)c1. The van der Waals surface area contributed by atoms with E-state index in [4.69, 9.17) is 0 Å². The number of amides is 2. The van der Waals surface area contributed by atoms with Crippen LogP contribution in [-0.4, -0.2) is 27.5 Å². The van der Waals surface area contributed by atoms with Gasteiger partial charge in [0.2, 0.25) is 11.8 Å². The zero-order chi connectivity index (χ0) is 19.7. The lowest BCUT2D eigenvalue weighted by Crippen LogP contribution is -2.14. The number of thioether (sulfide) groups is 1. The second-order valence-corrected chi connectivity index (χ2v) is 8.76. The Labute approximate surface area is 171 Å². The summed E-state index contributed by atoms with van der Waals surface area (Å²) in [4.78, 5) is 35.3. The Bertz CT molecular complexity index is 1080. The van der Waals surface area contributed by atoms with Crippen LogP contribution in [0.2, 0.25) is 0 Å². The smallest absolute Gasteiger partial charge is 0.234 e. The highest BCUT2D eigenvalue weighted by Crippen LogP contribution is 2.40. The number of aryl methyl sites for hydroxylation is 3.